The topological polar surface area (TPSA) is 26.3 Å². The van der Waals surface area contributed by atoms with E-state index in [0.717, 1.165) is 5.56 Å². The van der Waals surface area contributed by atoms with Crippen LogP contribution in [0, 0.1) is 0 Å². The number of hydrogen-bond acceptors (Lipinski definition) is 2. The van der Waals surface area contributed by atoms with Crippen LogP contribution in [0.3, 0.4) is 0 Å². The van der Waals surface area contributed by atoms with Crippen molar-refractivity contribution in [2.45, 2.75) is 46.5 Å². The van der Waals surface area contributed by atoms with Gasteiger partial charge in [0.25, 0.3) is 0 Å². The number of esters is 1. The fourth-order valence-corrected chi connectivity index (χ4v) is 1.97. The van der Waals surface area contributed by atoms with Crippen molar-refractivity contribution in [3.63, 3.8) is 0 Å². The minimum absolute atomic E-state index is 0.285. The minimum Gasteiger partial charge on any atom is -0.463 e. The third-order valence-corrected chi connectivity index (χ3v) is 3.09. The first-order valence-electron chi connectivity index (χ1n) is 6.94. The fourth-order valence-electron chi connectivity index (χ4n) is 1.97. The van der Waals surface area contributed by atoms with Crippen LogP contribution in [0.15, 0.2) is 24.3 Å². The normalized spacial score (nSPS) is 11.5. The van der Waals surface area contributed by atoms with Gasteiger partial charge in [-0.25, -0.2) is 4.79 Å². The van der Waals surface area contributed by atoms with Crippen LogP contribution in [0.5, 0.6) is 0 Å². The Hall–Kier alpha value is -1.57. The molecule has 0 unspecified atom stereocenters. The average Bonchev–Trinajstić information content (AvgIpc) is 2.36. The van der Waals surface area contributed by atoms with E-state index in [1.54, 1.807) is 0 Å². The lowest BCUT2D eigenvalue weighted by molar-refractivity contribution is -0.137. The van der Waals surface area contributed by atoms with Crippen molar-refractivity contribution in [3.8, 4) is 0 Å². The van der Waals surface area contributed by atoms with Crippen LogP contribution >= 0.6 is 0 Å². The summed E-state index contributed by atoms with van der Waals surface area (Å²) in [6, 6.07) is 6.49. The fraction of sp³-hybridized carbons (Fsp3) is 0.471. The van der Waals surface area contributed by atoms with Crippen LogP contribution < -0.4 is 0 Å². The molecule has 0 amide bonds. The van der Waals surface area contributed by atoms with E-state index in [1.807, 2.05) is 13.0 Å². The van der Waals surface area contributed by atoms with Gasteiger partial charge in [-0.05, 0) is 41.5 Å². The Balaban J connectivity index is 3.07. The maximum absolute atomic E-state index is 11.4. The zero-order valence-corrected chi connectivity index (χ0v) is 12.6. The molecule has 1 rings (SSSR count). The van der Waals surface area contributed by atoms with Crippen molar-refractivity contribution in [1.82, 2.24) is 0 Å². The summed E-state index contributed by atoms with van der Waals surface area (Å²) in [6.45, 7) is 10.9. The number of ether oxygens (including phenoxy) is 1. The van der Waals surface area contributed by atoms with Crippen LogP contribution in [0.4, 0.5) is 0 Å². The van der Waals surface area contributed by atoms with E-state index in [1.165, 1.54) is 17.2 Å². The summed E-state index contributed by atoms with van der Waals surface area (Å²) in [5.74, 6) is 0.631. The van der Waals surface area contributed by atoms with Crippen molar-refractivity contribution in [2.75, 3.05) is 6.61 Å². The summed E-state index contributed by atoms with van der Waals surface area (Å²) in [5, 5.41) is 0. The van der Waals surface area contributed by atoms with E-state index < -0.39 is 0 Å². The van der Waals surface area contributed by atoms with E-state index in [9.17, 15) is 4.79 Å². The summed E-state index contributed by atoms with van der Waals surface area (Å²) in [4.78, 5) is 11.4. The molecule has 0 fully saturated rings. The summed E-state index contributed by atoms with van der Waals surface area (Å²) < 4.78 is 4.92. The highest BCUT2D eigenvalue weighted by molar-refractivity contribution is 5.87. The minimum atomic E-state index is -0.285. The molecule has 0 radical (unpaired) electrons. The van der Waals surface area contributed by atoms with Crippen LogP contribution in [0.2, 0.25) is 0 Å². The van der Waals surface area contributed by atoms with Gasteiger partial charge in [0, 0.05) is 6.08 Å². The third-order valence-electron chi connectivity index (χ3n) is 3.09. The SMILES string of the molecule is CCOC(=O)C=Cc1cc(C(C)C)ccc1C(C)C. The molecular formula is C17H24O2. The second-order valence-corrected chi connectivity index (χ2v) is 5.28. The van der Waals surface area contributed by atoms with Gasteiger partial charge in [-0.15, -0.1) is 0 Å². The molecule has 19 heavy (non-hydrogen) atoms. The quantitative estimate of drug-likeness (QED) is 0.575. The Morgan fingerprint density at radius 3 is 2.42 bits per heavy atom. The molecule has 0 bridgehead atoms. The van der Waals surface area contributed by atoms with Gasteiger partial charge >= 0.3 is 5.97 Å². The summed E-state index contributed by atoms with van der Waals surface area (Å²) in [7, 11) is 0. The van der Waals surface area contributed by atoms with Gasteiger partial charge in [-0.2, -0.15) is 0 Å². The lowest BCUT2D eigenvalue weighted by Crippen LogP contribution is -2.00. The predicted octanol–water partition coefficient (Wildman–Crippen LogP) is 4.51. The van der Waals surface area contributed by atoms with Crippen LogP contribution in [0.25, 0.3) is 6.08 Å². The first-order chi connectivity index (χ1) is 8.95. The number of rotatable bonds is 5. The van der Waals surface area contributed by atoms with Gasteiger partial charge < -0.3 is 4.74 Å². The smallest absolute Gasteiger partial charge is 0.330 e. The van der Waals surface area contributed by atoms with E-state index >= 15 is 0 Å². The van der Waals surface area contributed by atoms with Crippen molar-refractivity contribution in [1.29, 1.82) is 0 Å². The molecule has 0 heterocycles. The first kappa shape index (κ1) is 15.5. The Labute approximate surface area is 116 Å². The van der Waals surface area contributed by atoms with E-state index in [0.29, 0.717) is 18.4 Å². The highest BCUT2D eigenvalue weighted by atomic mass is 16.5. The molecule has 1 aromatic carbocycles. The molecule has 2 heteroatoms. The number of carbonyl (C=O) groups is 1. The first-order valence-corrected chi connectivity index (χ1v) is 6.94. The van der Waals surface area contributed by atoms with E-state index in [-0.39, 0.29) is 5.97 Å². The summed E-state index contributed by atoms with van der Waals surface area (Å²) in [6.07, 6.45) is 3.37. The standard InChI is InChI=1S/C17H24O2/c1-6-19-17(18)10-8-15-11-14(12(2)3)7-9-16(15)13(4)5/h7-13H,6H2,1-5H3. The number of carbonyl (C=O) groups excluding carboxylic acids is 1. The van der Waals surface area contributed by atoms with E-state index in [4.69, 9.17) is 4.74 Å². The molecule has 2 nitrogen and oxygen atoms in total. The Bertz CT molecular complexity index is 456. The molecule has 0 atom stereocenters. The van der Waals surface area contributed by atoms with Crippen molar-refractivity contribution >= 4 is 12.0 Å². The molecule has 0 saturated heterocycles. The second kappa shape index (κ2) is 7.13. The zero-order valence-electron chi connectivity index (χ0n) is 12.6. The molecule has 0 aliphatic heterocycles. The molecule has 0 N–H and O–H groups in total. The van der Waals surface area contributed by atoms with Crippen LogP contribution in [-0.4, -0.2) is 12.6 Å². The molecule has 1 aromatic rings. The van der Waals surface area contributed by atoms with Gasteiger partial charge in [0.15, 0.2) is 0 Å². The molecule has 0 saturated carbocycles. The number of hydrogen-bond donors (Lipinski definition) is 0. The average molecular weight is 260 g/mol. The van der Waals surface area contributed by atoms with Gasteiger partial charge in [-0.1, -0.05) is 45.9 Å². The molecular weight excluding hydrogens is 236 g/mol. The van der Waals surface area contributed by atoms with Gasteiger partial charge in [0.05, 0.1) is 6.61 Å². The van der Waals surface area contributed by atoms with Crippen molar-refractivity contribution in [3.05, 3.63) is 41.0 Å². The highest BCUT2D eigenvalue weighted by Gasteiger charge is 2.08. The molecule has 104 valence electrons. The largest absolute Gasteiger partial charge is 0.463 e. The molecule has 0 aromatic heterocycles. The second-order valence-electron chi connectivity index (χ2n) is 5.28. The van der Waals surface area contributed by atoms with E-state index in [2.05, 4.69) is 45.9 Å². The monoisotopic (exact) mass is 260 g/mol. The maximum atomic E-state index is 11.4. The molecule has 0 aliphatic rings. The van der Waals surface area contributed by atoms with Crippen LogP contribution in [0.1, 0.15) is 63.1 Å². The lowest BCUT2D eigenvalue weighted by atomic mass is 9.92. The number of benzene rings is 1. The van der Waals surface area contributed by atoms with Gasteiger partial charge in [0.1, 0.15) is 0 Å². The molecule has 0 spiro atoms. The highest BCUT2D eigenvalue weighted by Crippen LogP contribution is 2.25. The Morgan fingerprint density at radius 2 is 1.89 bits per heavy atom. The predicted molar refractivity (Wildman–Crippen MR) is 80.3 cm³/mol. The maximum Gasteiger partial charge on any atom is 0.330 e. The lowest BCUT2D eigenvalue weighted by Gasteiger charge is -2.13. The Kier molecular flexibility index (Phi) is 5.81. The third kappa shape index (κ3) is 4.55. The van der Waals surface area contributed by atoms with Crippen LogP contribution in [-0.2, 0) is 9.53 Å². The zero-order chi connectivity index (χ0) is 14.4. The summed E-state index contributed by atoms with van der Waals surface area (Å²) in [5.41, 5.74) is 3.65. The Morgan fingerprint density at radius 1 is 1.21 bits per heavy atom. The summed E-state index contributed by atoms with van der Waals surface area (Å²) >= 11 is 0. The van der Waals surface area contributed by atoms with Crippen molar-refractivity contribution in [2.24, 2.45) is 0 Å². The van der Waals surface area contributed by atoms with Crippen molar-refractivity contribution < 1.29 is 9.53 Å². The van der Waals surface area contributed by atoms with Gasteiger partial charge in [-0.3, -0.25) is 0 Å². The molecule has 0 aliphatic carbocycles. The van der Waals surface area contributed by atoms with Gasteiger partial charge in [0.2, 0.25) is 0 Å².